The minimum atomic E-state index is -0.717. The van der Waals surface area contributed by atoms with Crippen molar-refractivity contribution < 1.29 is 19.1 Å². The fourth-order valence-electron chi connectivity index (χ4n) is 4.34. The van der Waals surface area contributed by atoms with E-state index in [-0.39, 0.29) is 30.1 Å². The normalized spacial score (nSPS) is 16.2. The molecule has 2 amide bonds. The fourth-order valence-corrected chi connectivity index (χ4v) is 4.34. The second-order valence-electron chi connectivity index (χ2n) is 8.99. The van der Waals surface area contributed by atoms with Gasteiger partial charge in [-0.2, -0.15) is 5.26 Å². The van der Waals surface area contributed by atoms with E-state index in [0.29, 0.717) is 31.6 Å². The monoisotopic (exact) mass is 502 g/mol. The number of hydrogen-bond donors (Lipinski definition) is 4. The van der Waals surface area contributed by atoms with Crippen molar-refractivity contribution in [1.82, 2.24) is 15.5 Å². The average Bonchev–Trinajstić information content (AvgIpc) is 3.15. The van der Waals surface area contributed by atoms with Crippen LogP contribution in [0.5, 0.6) is 5.75 Å². The molecule has 1 aliphatic heterocycles. The van der Waals surface area contributed by atoms with Crippen molar-refractivity contribution in [3.05, 3.63) is 59.9 Å². The first kappa shape index (κ1) is 25.6. The molecule has 192 valence electrons. The first-order valence-electron chi connectivity index (χ1n) is 12.2. The molecule has 4 N–H and O–H groups in total. The zero-order valence-corrected chi connectivity index (χ0v) is 20.7. The second kappa shape index (κ2) is 11.9. The first-order valence-corrected chi connectivity index (χ1v) is 12.2. The van der Waals surface area contributed by atoms with Crippen LogP contribution in [0.4, 0.5) is 5.69 Å². The Balaban J connectivity index is 1.38. The zero-order chi connectivity index (χ0) is 26.2. The van der Waals surface area contributed by atoms with Gasteiger partial charge in [-0.25, -0.2) is 4.99 Å². The summed E-state index contributed by atoms with van der Waals surface area (Å²) in [5, 5.41) is 28.2. The standard InChI is InChI=1S/C27H30N6O4/c1-18-13-20-15-21(8-9-24(20)37-18)31-27(30-17-28)32-23-7-2-3-12-33(26(23)36)16-25(35)29-11-10-19-5-4-6-22(34)14-19/h4-6,8-9,13-15,23,34H,2-3,7,10-12,16H2,1H3,(H,29,35)(H2,30,31,32). The summed E-state index contributed by atoms with van der Waals surface area (Å²) in [6.07, 6.45) is 4.49. The van der Waals surface area contributed by atoms with Crippen LogP contribution in [-0.4, -0.2) is 53.5 Å². The van der Waals surface area contributed by atoms with Crippen molar-refractivity contribution in [3.8, 4) is 11.9 Å². The van der Waals surface area contributed by atoms with Gasteiger partial charge in [0, 0.05) is 24.2 Å². The molecular formula is C27H30N6O4. The van der Waals surface area contributed by atoms with Crippen LogP contribution < -0.4 is 16.0 Å². The van der Waals surface area contributed by atoms with Crippen molar-refractivity contribution >= 4 is 34.4 Å². The number of benzene rings is 2. The van der Waals surface area contributed by atoms with Gasteiger partial charge in [0.2, 0.25) is 17.8 Å². The number of phenolic OH excluding ortho intramolecular Hbond substituents is 1. The predicted octanol–water partition coefficient (Wildman–Crippen LogP) is 3.03. The summed E-state index contributed by atoms with van der Waals surface area (Å²) in [5.74, 6) is 0.639. The Hall–Kier alpha value is -4.52. The van der Waals surface area contributed by atoms with Crippen molar-refractivity contribution in [2.75, 3.05) is 25.0 Å². The molecule has 1 unspecified atom stereocenters. The number of hydrogen-bond acceptors (Lipinski definition) is 6. The molecule has 10 heteroatoms. The van der Waals surface area contributed by atoms with Gasteiger partial charge in [0.15, 0.2) is 6.19 Å². The number of nitrogens with one attached hydrogen (secondary N) is 3. The molecule has 3 aromatic rings. The third-order valence-electron chi connectivity index (χ3n) is 6.09. The number of carbonyl (C=O) groups excluding carboxylic acids is 2. The van der Waals surface area contributed by atoms with Gasteiger partial charge >= 0.3 is 0 Å². The quantitative estimate of drug-likeness (QED) is 0.168. The van der Waals surface area contributed by atoms with Gasteiger partial charge in [-0.05, 0) is 74.6 Å². The molecule has 0 aliphatic carbocycles. The zero-order valence-electron chi connectivity index (χ0n) is 20.7. The maximum Gasteiger partial charge on any atom is 0.247 e. The van der Waals surface area contributed by atoms with Crippen molar-refractivity contribution in [2.45, 2.75) is 38.6 Å². The van der Waals surface area contributed by atoms with Crippen LogP contribution in [-0.2, 0) is 16.0 Å². The summed E-state index contributed by atoms with van der Waals surface area (Å²) in [4.78, 5) is 31.8. The number of anilines is 1. The lowest BCUT2D eigenvalue weighted by Crippen LogP contribution is -2.44. The van der Waals surface area contributed by atoms with E-state index in [1.165, 1.54) is 4.90 Å². The van der Waals surface area contributed by atoms with E-state index in [1.807, 2.05) is 43.4 Å². The number of aliphatic imine (C=N–C) groups is 1. The van der Waals surface area contributed by atoms with Crippen LogP contribution in [0.1, 0.15) is 30.6 Å². The Morgan fingerprint density at radius 1 is 1.24 bits per heavy atom. The van der Waals surface area contributed by atoms with Gasteiger partial charge in [0.1, 0.15) is 23.1 Å². The van der Waals surface area contributed by atoms with E-state index in [4.69, 9.17) is 4.42 Å². The number of phenols is 1. The highest BCUT2D eigenvalue weighted by Gasteiger charge is 2.28. The smallest absolute Gasteiger partial charge is 0.247 e. The molecule has 0 spiro atoms. The second-order valence-corrected chi connectivity index (χ2v) is 8.99. The maximum absolute atomic E-state index is 13.2. The summed E-state index contributed by atoms with van der Waals surface area (Å²) >= 11 is 0. The van der Waals surface area contributed by atoms with E-state index in [1.54, 1.807) is 18.2 Å². The summed E-state index contributed by atoms with van der Waals surface area (Å²) < 4.78 is 5.60. The van der Waals surface area contributed by atoms with Crippen LogP contribution >= 0.6 is 0 Å². The Morgan fingerprint density at radius 3 is 2.92 bits per heavy atom. The van der Waals surface area contributed by atoms with Gasteiger partial charge in [-0.15, -0.1) is 0 Å². The number of rotatable bonds is 7. The van der Waals surface area contributed by atoms with Crippen molar-refractivity contribution in [1.29, 1.82) is 5.26 Å². The summed E-state index contributed by atoms with van der Waals surface area (Å²) in [6, 6.07) is 13.6. The van der Waals surface area contributed by atoms with E-state index < -0.39 is 6.04 Å². The molecule has 10 nitrogen and oxygen atoms in total. The highest BCUT2D eigenvalue weighted by Crippen LogP contribution is 2.23. The molecule has 1 aromatic heterocycles. The minimum absolute atomic E-state index is 0.0597. The molecule has 1 aliphatic rings. The van der Waals surface area contributed by atoms with Crippen LogP contribution in [0.25, 0.3) is 11.0 Å². The number of aryl methyl sites for hydroxylation is 1. The predicted molar refractivity (Wildman–Crippen MR) is 140 cm³/mol. The van der Waals surface area contributed by atoms with E-state index in [0.717, 1.165) is 35.1 Å². The maximum atomic E-state index is 13.2. The molecule has 1 atom stereocenters. The van der Waals surface area contributed by atoms with Gasteiger partial charge in [0.25, 0.3) is 0 Å². The molecule has 2 heterocycles. The number of amides is 2. The number of aromatic hydroxyl groups is 1. The average molecular weight is 503 g/mol. The highest BCUT2D eigenvalue weighted by atomic mass is 16.3. The van der Waals surface area contributed by atoms with Crippen LogP contribution in [0.3, 0.4) is 0 Å². The molecular weight excluding hydrogens is 472 g/mol. The molecule has 1 saturated heterocycles. The lowest BCUT2D eigenvalue weighted by molar-refractivity contribution is -0.136. The Morgan fingerprint density at radius 2 is 2.11 bits per heavy atom. The number of guanidine groups is 1. The third kappa shape index (κ3) is 7.01. The van der Waals surface area contributed by atoms with Crippen molar-refractivity contribution in [3.63, 3.8) is 0 Å². The van der Waals surface area contributed by atoms with Crippen LogP contribution in [0.15, 0.2) is 57.9 Å². The fraction of sp³-hybridized carbons (Fsp3) is 0.333. The molecule has 4 rings (SSSR count). The Bertz CT molecular complexity index is 1340. The van der Waals surface area contributed by atoms with E-state index in [9.17, 15) is 20.0 Å². The third-order valence-corrected chi connectivity index (χ3v) is 6.09. The van der Waals surface area contributed by atoms with Crippen LogP contribution in [0, 0.1) is 18.4 Å². The Labute approximate surface area is 215 Å². The lowest BCUT2D eigenvalue weighted by atomic mass is 10.1. The highest BCUT2D eigenvalue weighted by molar-refractivity contribution is 5.98. The summed E-state index contributed by atoms with van der Waals surface area (Å²) in [6.45, 7) is 2.67. The van der Waals surface area contributed by atoms with Gasteiger partial charge in [-0.3, -0.25) is 14.9 Å². The molecule has 0 saturated carbocycles. The summed E-state index contributed by atoms with van der Waals surface area (Å²) in [5.41, 5.74) is 2.36. The number of carbonyl (C=O) groups is 2. The van der Waals surface area contributed by atoms with E-state index in [2.05, 4.69) is 20.9 Å². The van der Waals surface area contributed by atoms with Gasteiger partial charge < -0.3 is 25.1 Å². The number of likely N-dealkylation sites (tertiary alicyclic amines) is 1. The Kier molecular flexibility index (Phi) is 8.26. The number of fused-ring (bicyclic) bond motifs is 1. The summed E-state index contributed by atoms with van der Waals surface area (Å²) in [7, 11) is 0. The number of nitrogens with zero attached hydrogens (tertiary/aromatic N) is 3. The number of nitriles is 1. The van der Waals surface area contributed by atoms with E-state index >= 15 is 0 Å². The first-order chi connectivity index (χ1) is 17.9. The van der Waals surface area contributed by atoms with Gasteiger partial charge in [-0.1, -0.05) is 12.1 Å². The minimum Gasteiger partial charge on any atom is -0.508 e. The molecule has 2 aromatic carbocycles. The molecule has 0 bridgehead atoms. The number of furan rings is 1. The molecule has 0 radical (unpaired) electrons. The molecule has 37 heavy (non-hydrogen) atoms. The lowest BCUT2D eigenvalue weighted by Gasteiger charge is -2.22. The largest absolute Gasteiger partial charge is 0.508 e. The van der Waals surface area contributed by atoms with Crippen LogP contribution in [0.2, 0.25) is 0 Å². The molecule has 1 fully saturated rings. The topological polar surface area (TPSA) is 143 Å². The van der Waals surface area contributed by atoms with Crippen molar-refractivity contribution in [2.24, 2.45) is 4.99 Å². The SMILES string of the molecule is Cc1cc2cc(NC(=NC3CCCCN(CC(=O)NCCc4cccc(O)c4)C3=O)NC#N)ccc2o1. The van der Waals surface area contributed by atoms with Gasteiger partial charge in [0.05, 0.1) is 6.54 Å².